The monoisotopic (exact) mass is 783 g/mol. The van der Waals surface area contributed by atoms with Crippen LogP contribution in [0.2, 0.25) is 0 Å². The van der Waals surface area contributed by atoms with Gasteiger partial charge in [0.05, 0.1) is 38.8 Å². The fraction of sp³-hybridized carbons (Fsp3) is 0.138. The third kappa shape index (κ3) is 4.58. The van der Waals surface area contributed by atoms with Crippen LogP contribution in [0.3, 0.4) is 0 Å². The number of aromatic nitrogens is 2. The average molecular weight is 784 g/mol. The number of para-hydroxylation sites is 2. The van der Waals surface area contributed by atoms with E-state index in [1.807, 2.05) is 0 Å². The van der Waals surface area contributed by atoms with E-state index in [0.29, 0.717) is 0 Å². The maximum Gasteiger partial charge on any atom is 0.0789 e. The Kier molecular flexibility index (Phi) is 6.72. The van der Waals surface area contributed by atoms with E-state index in [-0.39, 0.29) is 10.8 Å². The van der Waals surface area contributed by atoms with E-state index in [1.165, 1.54) is 115 Å². The first-order valence-corrected chi connectivity index (χ1v) is 21.7. The molecule has 9 aromatic carbocycles. The number of nitrogens with zero attached hydrogens (tertiary/aromatic N) is 3. The van der Waals surface area contributed by atoms with Crippen molar-refractivity contribution >= 4 is 115 Å². The number of hydrogen-bond donors (Lipinski definition) is 0. The summed E-state index contributed by atoms with van der Waals surface area (Å²) >= 11 is 0. The minimum atomic E-state index is -0.0771. The summed E-state index contributed by atoms with van der Waals surface area (Å²) in [6, 6.07) is 61.7. The molecule has 3 nitrogen and oxygen atoms in total. The predicted molar refractivity (Wildman–Crippen MR) is 263 cm³/mol. The SMILES string of the molecule is CC(C)(C)c1ccc2c(c1)c1cc3ccccc3c3c4c5c6cc(C(C)(C)C)cc7c8c9ccccc9cc(N(c9ccccc9)c9ccccc9)c8n(c5ccc4n2c13)c67. The van der Waals surface area contributed by atoms with E-state index in [4.69, 9.17) is 0 Å². The lowest BCUT2D eigenvalue weighted by Gasteiger charge is -2.27. The summed E-state index contributed by atoms with van der Waals surface area (Å²) in [6.45, 7) is 14.0. The second-order valence-corrected chi connectivity index (χ2v) is 19.4. The van der Waals surface area contributed by atoms with Crippen LogP contribution in [0, 0.1) is 0 Å². The molecule has 0 bridgehead atoms. The van der Waals surface area contributed by atoms with Gasteiger partial charge >= 0.3 is 0 Å². The van der Waals surface area contributed by atoms with E-state index in [0.717, 1.165) is 11.4 Å². The van der Waals surface area contributed by atoms with Gasteiger partial charge in [-0.3, -0.25) is 0 Å². The summed E-state index contributed by atoms with van der Waals surface area (Å²) in [5.41, 5.74) is 13.7. The smallest absolute Gasteiger partial charge is 0.0789 e. The minimum absolute atomic E-state index is 0.0472. The van der Waals surface area contributed by atoms with Gasteiger partial charge in [-0.25, -0.2) is 0 Å². The molecular formula is C58H45N3. The highest BCUT2D eigenvalue weighted by atomic mass is 15.2. The van der Waals surface area contributed by atoms with Gasteiger partial charge in [-0.2, -0.15) is 0 Å². The summed E-state index contributed by atoms with van der Waals surface area (Å²) in [5.74, 6) is 0. The molecular weight excluding hydrogens is 739 g/mol. The molecule has 0 aliphatic rings. The lowest BCUT2D eigenvalue weighted by molar-refractivity contribution is 0.591. The van der Waals surface area contributed by atoms with Gasteiger partial charge in [0.15, 0.2) is 0 Å². The molecule has 0 N–H and O–H groups in total. The van der Waals surface area contributed by atoms with Gasteiger partial charge in [-0.1, -0.05) is 133 Å². The maximum absolute atomic E-state index is 2.63. The Morgan fingerprint density at radius 2 is 0.869 bits per heavy atom. The summed E-state index contributed by atoms with van der Waals surface area (Å²) in [4.78, 5) is 2.46. The summed E-state index contributed by atoms with van der Waals surface area (Å²) < 4.78 is 5.21. The molecule has 0 unspecified atom stereocenters. The zero-order valence-corrected chi connectivity index (χ0v) is 35.4. The Balaban J connectivity index is 1.30. The van der Waals surface area contributed by atoms with Crippen LogP contribution < -0.4 is 4.90 Å². The molecule has 292 valence electrons. The normalized spacial score (nSPS) is 13.1. The third-order valence-electron chi connectivity index (χ3n) is 13.8. The van der Waals surface area contributed by atoms with Crippen molar-refractivity contribution in [2.45, 2.75) is 52.4 Å². The molecule has 13 rings (SSSR count). The molecule has 13 aromatic rings. The Hall–Kier alpha value is -7.10. The van der Waals surface area contributed by atoms with Crippen LogP contribution >= 0.6 is 0 Å². The number of hydrogen-bond acceptors (Lipinski definition) is 1. The highest BCUT2D eigenvalue weighted by molar-refractivity contribution is 6.40. The van der Waals surface area contributed by atoms with Gasteiger partial charge in [0, 0.05) is 54.5 Å². The Morgan fingerprint density at radius 3 is 1.51 bits per heavy atom. The zero-order valence-electron chi connectivity index (χ0n) is 35.4. The largest absolute Gasteiger partial charge is 0.308 e. The Labute approximate surface area is 354 Å². The van der Waals surface area contributed by atoms with Crippen molar-refractivity contribution in [1.82, 2.24) is 8.80 Å². The fourth-order valence-corrected chi connectivity index (χ4v) is 10.9. The quantitative estimate of drug-likeness (QED) is 0.174. The molecule has 0 saturated carbocycles. The Morgan fingerprint density at radius 1 is 0.344 bits per heavy atom. The molecule has 0 saturated heterocycles. The molecule has 4 heterocycles. The molecule has 61 heavy (non-hydrogen) atoms. The molecule has 4 aromatic heterocycles. The van der Waals surface area contributed by atoms with Crippen molar-refractivity contribution in [3.8, 4) is 0 Å². The first kappa shape index (κ1) is 34.7. The van der Waals surface area contributed by atoms with Crippen LogP contribution in [0.4, 0.5) is 17.1 Å². The van der Waals surface area contributed by atoms with Gasteiger partial charge < -0.3 is 13.7 Å². The molecule has 0 amide bonds. The zero-order chi connectivity index (χ0) is 41.1. The van der Waals surface area contributed by atoms with Crippen molar-refractivity contribution < 1.29 is 0 Å². The molecule has 0 aliphatic carbocycles. The first-order chi connectivity index (χ1) is 29.6. The van der Waals surface area contributed by atoms with E-state index in [9.17, 15) is 0 Å². The number of rotatable bonds is 3. The van der Waals surface area contributed by atoms with Gasteiger partial charge in [-0.15, -0.1) is 0 Å². The molecule has 0 fully saturated rings. The van der Waals surface area contributed by atoms with Gasteiger partial charge in [-0.05, 0) is 116 Å². The molecule has 0 aliphatic heterocycles. The first-order valence-electron chi connectivity index (χ1n) is 21.7. The topological polar surface area (TPSA) is 12.1 Å². The van der Waals surface area contributed by atoms with Crippen LogP contribution in [0.1, 0.15) is 52.7 Å². The maximum atomic E-state index is 2.63. The van der Waals surface area contributed by atoms with E-state index in [2.05, 4.69) is 219 Å². The van der Waals surface area contributed by atoms with Crippen molar-refractivity contribution in [1.29, 1.82) is 0 Å². The van der Waals surface area contributed by atoms with E-state index < -0.39 is 0 Å². The minimum Gasteiger partial charge on any atom is -0.308 e. The van der Waals surface area contributed by atoms with Crippen LogP contribution in [0.15, 0.2) is 164 Å². The van der Waals surface area contributed by atoms with E-state index >= 15 is 0 Å². The highest BCUT2D eigenvalue weighted by Crippen LogP contribution is 2.53. The van der Waals surface area contributed by atoms with Crippen LogP contribution in [0.5, 0.6) is 0 Å². The van der Waals surface area contributed by atoms with Gasteiger partial charge in [0.25, 0.3) is 0 Å². The fourth-order valence-electron chi connectivity index (χ4n) is 10.9. The van der Waals surface area contributed by atoms with Crippen molar-refractivity contribution in [2.24, 2.45) is 0 Å². The van der Waals surface area contributed by atoms with E-state index in [1.54, 1.807) is 0 Å². The molecule has 0 radical (unpaired) electrons. The van der Waals surface area contributed by atoms with Crippen molar-refractivity contribution in [3.05, 3.63) is 175 Å². The summed E-state index contributed by atoms with van der Waals surface area (Å²) in [5, 5.41) is 15.7. The highest BCUT2D eigenvalue weighted by Gasteiger charge is 2.30. The average Bonchev–Trinajstić information content (AvgIpc) is 3.99. The second kappa shape index (κ2) is 11.8. The molecule has 3 heteroatoms. The summed E-state index contributed by atoms with van der Waals surface area (Å²) in [7, 11) is 0. The molecule has 0 spiro atoms. The summed E-state index contributed by atoms with van der Waals surface area (Å²) in [6.07, 6.45) is 0. The lowest BCUT2D eigenvalue weighted by atomic mass is 9.84. The second-order valence-electron chi connectivity index (χ2n) is 19.4. The van der Waals surface area contributed by atoms with Gasteiger partial charge in [0.1, 0.15) is 0 Å². The third-order valence-corrected chi connectivity index (χ3v) is 13.8. The molecule has 0 atom stereocenters. The predicted octanol–water partition coefficient (Wildman–Crippen LogP) is 16.4. The van der Waals surface area contributed by atoms with Crippen LogP contribution in [0.25, 0.3) is 97.7 Å². The number of fused-ring (bicyclic) bond motifs is 17. The van der Waals surface area contributed by atoms with Crippen molar-refractivity contribution in [2.75, 3.05) is 4.90 Å². The van der Waals surface area contributed by atoms with Gasteiger partial charge in [0.2, 0.25) is 0 Å². The number of benzene rings is 9. The van der Waals surface area contributed by atoms with Crippen molar-refractivity contribution in [3.63, 3.8) is 0 Å². The van der Waals surface area contributed by atoms with Crippen LogP contribution in [-0.2, 0) is 10.8 Å². The lowest BCUT2D eigenvalue weighted by Crippen LogP contribution is -2.11. The van der Waals surface area contributed by atoms with Crippen LogP contribution in [-0.4, -0.2) is 8.80 Å². The Bertz CT molecular complexity index is 3890. The standard InChI is InChI=1S/C58H45N3/c1-57(2,3)36-25-26-46-42(31-36)43-29-34-17-13-16-24-41(34)52-53-48(60(46)55(43)52)28-27-47-51(53)45-33-37(58(4,5)6)32-44-50-40-23-15-14-18-35(40)30-49(56(50)61(47)54(44)45)59(38-19-9-7-10-20-38)39-21-11-8-12-22-39/h7-33H,1-6H3. The number of anilines is 3.